The highest BCUT2D eigenvalue weighted by Crippen LogP contribution is 2.25. The molecule has 1 aromatic rings. The summed E-state index contributed by atoms with van der Waals surface area (Å²) in [5.41, 5.74) is -0.0360. The first-order chi connectivity index (χ1) is 7.41. The van der Waals surface area contributed by atoms with E-state index in [1.54, 1.807) is 0 Å². The van der Waals surface area contributed by atoms with Crippen LogP contribution in [-0.4, -0.2) is 28.5 Å². The van der Waals surface area contributed by atoms with Crippen LogP contribution in [0, 0.1) is 5.41 Å². The van der Waals surface area contributed by atoms with Crippen LogP contribution in [0.3, 0.4) is 0 Å². The van der Waals surface area contributed by atoms with Crippen molar-refractivity contribution in [3.63, 3.8) is 0 Å². The Bertz CT molecular complexity index is 452. The third kappa shape index (κ3) is 1.59. The highest BCUT2D eigenvalue weighted by atomic mass is 19.4. The van der Waals surface area contributed by atoms with Crippen molar-refractivity contribution >= 4 is 5.95 Å². The zero-order valence-corrected chi connectivity index (χ0v) is 8.41. The molecule has 0 radical (unpaired) electrons. The van der Waals surface area contributed by atoms with Gasteiger partial charge < -0.3 is 5.32 Å². The maximum atomic E-state index is 12.6. The van der Waals surface area contributed by atoms with Gasteiger partial charge in [0.15, 0.2) is 0 Å². The molecule has 0 saturated heterocycles. The topological polar surface area (TPSA) is 56.9 Å². The first-order valence-electron chi connectivity index (χ1n) is 4.61. The lowest BCUT2D eigenvalue weighted by atomic mass is 10.3. The van der Waals surface area contributed by atoms with E-state index in [0.29, 0.717) is 0 Å². The first kappa shape index (κ1) is 10.8. The van der Waals surface area contributed by atoms with E-state index in [9.17, 15) is 13.2 Å². The monoisotopic (exact) mass is 233 g/mol. The van der Waals surface area contributed by atoms with Gasteiger partial charge in [0, 0.05) is 12.3 Å². The first-order valence-corrected chi connectivity index (χ1v) is 4.61. The van der Waals surface area contributed by atoms with E-state index in [0.717, 1.165) is 16.6 Å². The summed E-state index contributed by atoms with van der Waals surface area (Å²) in [6.07, 6.45) is -2.96. The number of hydrogen-bond acceptors (Lipinski definition) is 4. The smallest absolute Gasteiger partial charge is 0.335 e. The van der Waals surface area contributed by atoms with Crippen molar-refractivity contribution in [1.82, 2.24) is 9.66 Å². The van der Waals surface area contributed by atoms with Crippen molar-refractivity contribution in [2.24, 2.45) is 0 Å². The minimum Gasteiger partial charge on any atom is -0.335 e. The Morgan fingerprint density at radius 2 is 2.25 bits per heavy atom. The molecule has 0 aromatic carbocycles. The second kappa shape index (κ2) is 3.39. The standard InChI is InChI=1S/C8H10F3N5/c1-5(8(9,10)11)15-4-14-7-13-3-2-6(12)16(7)15/h2-3,5,12H,4H2,1H3,(H,13,14). The molecular weight excluding hydrogens is 223 g/mol. The number of anilines is 1. The zero-order chi connectivity index (χ0) is 11.9. The quantitative estimate of drug-likeness (QED) is 0.748. The highest BCUT2D eigenvalue weighted by molar-refractivity contribution is 5.33. The Morgan fingerprint density at radius 1 is 1.56 bits per heavy atom. The van der Waals surface area contributed by atoms with Crippen molar-refractivity contribution in [2.45, 2.75) is 19.1 Å². The average molecular weight is 233 g/mol. The summed E-state index contributed by atoms with van der Waals surface area (Å²) in [5.74, 6) is 0.253. The zero-order valence-electron chi connectivity index (χ0n) is 8.41. The Balaban J connectivity index is 2.41. The third-order valence-electron chi connectivity index (χ3n) is 2.43. The maximum Gasteiger partial charge on any atom is 0.410 e. The number of aromatic nitrogens is 2. The van der Waals surface area contributed by atoms with E-state index in [4.69, 9.17) is 5.41 Å². The summed E-state index contributed by atoms with van der Waals surface area (Å²) in [6.45, 7) is 1.04. The third-order valence-corrected chi connectivity index (χ3v) is 2.43. The van der Waals surface area contributed by atoms with Gasteiger partial charge in [-0.15, -0.1) is 0 Å². The lowest BCUT2D eigenvalue weighted by Gasteiger charge is -2.28. The van der Waals surface area contributed by atoms with Gasteiger partial charge in [-0.2, -0.15) is 13.2 Å². The lowest BCUT2D eigenvalue weighted by molar-refractivity contribution is -0.148. The van der Waals surface area contributed by atoms with Crippen molar-refractivity contribution < 1.29 is 13.2 Å². The molecule has 2 rings (SSSR count). The van der Waals surface area contributed by atoms with Gasteiger partial charge in [0.25, 0.3) is 0 Å². The summed E-state index contributed by atoms with van der Waals surface area (Å²) < 4.78 is 38.8. The largest absolute Gasteiger partial charge is 0.410 e. The number of fused-ring (bicyclic) bond motifs is 1. The normalized spacial score (nSPS) is 16.9. The molecule has 88 valence electrons. The minimum atomic E-state index is -4.33. The lowest BCUT2D eigenvalue weighted by Crippen LogP contribution is -2.51. The summed E-state index contributed by atoms with van der Waals surface area (Å²) >= 11 is 0. The molecule has 1 aliphatic heterocycles. The van der Waals surface area contributed by atoms with E-state index in [2.05, 4.69) is 10.3 Å². The van der Waals surface area contributed by atoms with Crippen LogP contribution in [0.15, 0.2) is 12.3 Å². The molecule has 16 heavy (non-hydrogen) atoms. The summed E-state index contributed by atoms with van der Waals surface area (Å²) in [4.78, 5) is 3.86. The second-order valence-electron chi connectivity index (χ2n) is 3.46. The fraction of sp³-hybridized carbons (Fsp3) is 0.500. The molecule has 0 spiro atoms. The predicted molar refractivity (Wildman–Crippen MR) is 50.3 cm³/mol. The number of hydrogen-bond donors (Lipinski definition) is 2. The van der Waals surface area contributed by atoms with Gasteiger partial charge in [-0.25, -0.2) is 9.66 Å². The van der Waals surface area contributed by atoms with Gasteiger partial charge >= 0.3 is 6.18 Å². The van der Waals surface area contributed by atoms with E-state index in [-0.39, 0.29) is 18.1 Å². The molecule has 1 atom stereocenters. The van der Waals surface area contributed by atoms with Gasteiger partial charge in [0.05, 0.1) is 0 Å². The molecule has 0 fully saturated rings. The van der Waals surface area contributed by atoms with Crippen LogP contribution in [0.25, 0.3) is 0 Å². The van der Waals surface area contributed by atoms with Gasteiger partial charge in [-0.1, -0.05) is 0 Å². The Kier molecular flexibility index (Phi) is 2.28. The number of nitrogens with zero attached hydrogens (tertiary/aromatic N) is 3. The van der Waals surface area contributed by atoms with Crippen molar-refractivity contribution in [1.29, 1.82) is 5.41 Å². The fourth-order valence-electron chi connectivity index (χ4n) is 1.50. The predicted octanol–water partition coefficient (Wildman–Crippen LogP) is 0.634. The Labute approximate surface area is 89.0 Å². The van der Waals surface area contributed by atoms with Crippen molar-refractivity contribution in [3.8, 4) is 0 Å². The molecule has 1 unspecified atom stereocenters. The van der Waals surface area contributed by atoms with Gasteiger partial charge in [0.2, 0.25) is 5.95 Å². The Morgan fingerprint density at radius 3 is 2.88 bits per heavy atom. The Hall–Kier alpha value is -1.73. The van der Waals surface area contributed by atoms with E-state index < -0.39 is 12.2 Å². The van der Waals surface area contributed by atoms with Crippen LogP contribution in [0.4, 0.5) is 19.1 Å². The number of rotatable bonds is 1. The van der Waals surface area contributed by atoms with Gasteiger partial charge in [0.1, 0.15) is 18.2 Å². The second-order valence-corrected chi connectivity index (χ2v) is 3.46. The van der Waals surface area contributed by atoms with E-state index >= 15 is 0 Å². The highest BCUT2D eigenvalue weighted by Gasteiger charge is 2.42. The molecule has 2 N–H and O–H groups in total. The van der Waals surface area contributed by atoms with Crippen LogP contribution < -0.4 is 15.8 Å². The van der Waals surface area contributed by atoms with Crippen molar-refractivity contribution in [2.75, 3.05) is 17.0 Å². The number of nitrogens with one attached hydrogen (secondary N) is 2. The van der Waals surface area contributed by atoms with E-state index in [1.807, 2.05) is 0 Å². The molecule has 5 nitrogen and oxygen atoms in total. The molecule has 2 heterocycles. The molecule has 0 bridgehead atoms. The molecule has 0 aliphatic carbocycles. The van der Waals surface area contributed by atoms with E-state index in [1.165, 1.54) is 12.3 Å². The van der Waals surface area contributed by atoms with Crippen LogP contribution >= 0.6 is 0 Å². The molecule has 1 aromatic heterocycles. The molecule has 8 heteroatoms. The molecule has 0 saturated carbocycles. The maximum absolute atomic E-state index is 12.6. The number of halogens is 3. The minimum absolute atomic E-state index is 0.0103. The number of alkyl halides is 3. The average Bonchev–Trinajstić information content (AvgIpc) is 2.60. The molecule has 0 amide bonds. The van der Waals surface area contributed by atoms with Gasteiger partial charge in [-0.3, -0.25) is 10.4 Å². The van der Waals surface area contributed by atoms with Crippen LogP contribution in [0.2, 0.25) is 0 Å². The van der Waals surface area contributed by atoms with Crippen LogP contribution in [-0.2, 0) is 0 Å². The summed E-state index contributed by atoms with van der Waals surface area (Å²) in [7, 11) is 0. The van der Waals surface area contributed by atoms with Crippen molar-refractivity contribution in [3.05, 3.63) is 17.8 Å². The molecular formula is C8H10F3N5. The van der Waals surface area contributed by atoms with Gasteiger partial charge in [-0.05, 0) is 6.92 Å². The SMILES string of the molecule is CC(N1CNc2nccc(=N)n21)C(F)(F)F. The fourth-order valence-corrected chi connectivity index (χ4v) is 1.50. The molecule has 1 aliphatic rings. The van der Waals surface area contributed by atoms with Crippen LogP contribution in [0.1, 0.15) is 6.92 Å². The van der Waals surface area contributed by atoms with Crippen LogP contribution in [0.5, 0.6) is 0 Å². The summed E-state index contributed by atoms with van der Waals surface area (Å²) in [5, 5.41) is 11.3. The summed E-state index contributed by atoms with van der Waals surface area (Å²) in [6, 6.07) is -0.327.